The molecule has 70 valence electrons. The minimum atomic E-state index is -0.117. The van der Waals surface area contributed by atoms with E-state index in [9.17, 15) is 4.79 Å². The van der Waals surface area contributed by atoms with Gasteiger partial charge in [0.15, 0.2) is 0 Å². The summed E-state index contributed by atoms with van der Waals surface area (Å²) in [6.07, 6.45) is 2.33. The van der Waals surface area contributed by atoms with Gasteiger partial charge >= 0.3 is 0 Å². The minimum absolute atomic E-state index is 0.0000175. The Morgan fingerprint density at radius 3 is 3.15 bits per heavy atom. The molecule has 4 heteroatoms. The first-order valence-corrected chi connectivity index (χ1v) is 4.14. The van der Waals surface area contributed by atoms with Crippen LogP contribution < -0.4 is 5.32 Å². The molecule has 0 aromatic rings. The third kappa shape index (κ3) is 2.02. The van der Waals surface area contributed by atoms with Gasteiger partial charge in [0.05, 0.1) is 12.0 Å². The van der Waals surface area contributed by atoms with Crippen LogP contribution in [-0.2, 0) is 4.79 Å². The van der Waals surface area contributed by atoms with Gasteiger partial charge in [-0.05, 0) is 12.5 Å². The van der Waals surface area contributed by atoms with Crippen LogP contribution in [0.5, 0.6) is 0 Å². The summed E-state index contributed by atoms with van der Waals surface area (Å²) in [5.74, 6) is -0.117. The molecule has 1 aliphatic rings. The predicted molar refractivity (Wildman–Crippen MR) is 52.4 cm³/mol. The maximum atomic E-state index is 10.1. The van der Waals surface area contributed by atoms with Crippen LogP contribution in [0.1, 0.15) is 6.92 Å². The first kappa shape index (κ1) is 9.64. The maximum absolute atomic E-state index is 10.1. The van der Waals surface area contributed by atoms with E-state index in [1.165, 1.54) is 0 Å². The lowest BCUT2D eigenvalue weighted by Gasteiger charge is -2.22. The van der Waals surface area contributed by atoms with Crippen LogP contribution in [-0.4, -0.2) is 30.9 Å². The summed E-state index contributed by atoms with van der Waals surface area (Å²) in [5.41, 5.74) is 1.21. The van der Waals surface area contributed by atoms with Crippen LogP contribution in [0.2, 0.25) is 0 Å². The fraction of sp³-hybridized carbons (Fsp3) is 0.444. The van der Waals surface area contributed by atoms with E-state index in [0.717, 1.165) is 5.57 Å². The second kappa shape index (κ2) is 3.98. The van der Waals surface area contributed by atoms with Crippen molar-refractivity contribution in [1.29, 1.82) is 5.41 Å². The van der Waals surface area contributed by atoms with Crippen molar-refractivity contribution in [3.8, 4) is 0 Å². The largest absolute Gasteiger partial charge is 0.358 e. The molecule has 1 amide bonds. The van der Waals surface area contributed by atoms with Crippen LogP contribution in [0, 0.1) is 11.3 Å². The number of hydrogen-bond donors (Lipinski definition) is 2. The second-order valence-corrected chi connectivity index (χ2v) is 3.05. The van der Waals surface area contributed by atoms with E-state index in [1.54, 1.807) is 6.21 Å². The number of nitrogens with zero attached hydrogens (tertiary/aromatic N) is 1. The minimum Gasteiger partial charge on any atom is -0.358 e. The molecule has 2 unspecified atom stereocenters. The lowest BCUT2D eigenvalue weighted by molar-refractivity contribution is -0.109. The van der Waals surface area contributed by atoms with Gasteiger partial charge in [-0.15, -0.1) is 0 Å². The van der Waals surface area contributed by atoms with E-state index in [1.807, 2.05) is 6.92 Å². The number of aliphatic imine (C=N–C) groups is 1. The van der Waals surface area contributed by atoms with Crippen molar-refractivity contribution in [2.75, 3.05) is 6.54 Å². The normalized spacial score (nSPS) is 27.5. The number of hydrogen-bond acceptors (Lipinski definition) is 3. The molecule has 0 saturated carbocycles. The molecule has 0 spiro atoms. The average molecular weight is 179 g/mol. The van der Waals surface area contributed by atoms with E-state index in [-0.39, 0.29) is 12.0 Å². The summed E-state index contributed by atoms with van der Waals surface area (Å²) in [4.78, 5) is 14.2. The zero-order valence-electron chi connectivity index (χ0n) is 7.58. The molecule has 4 nitrogen and oxygen atoms in total. The molecule has 0 aromatic heterocycles. The Morgan fingerprint density at radius 1 is 1.85 bits per heavy atom. The summed E-state index contributed by atoms with van der Waals surface area (Å²) in [7, 11) is 0. The molecule has 0 aromatic carbocycles. The first-order valence-electron chi connectivity index (χ1n) is 4.14. The van der Waals surface area contributed by atoms with Gasteiger partial charge in [-0.2, -0.15) is 0 Å². The van der Waals surface area contributed by atoms with Gasteiger partial charge in [0, 0.05) is 18.5 Å². The van der Waals surface area contributed by atoms with Gasteiger partial charge in [0.25, 0.3) is 0 Å². The molecule has 1 aliphatic heterocycles. The second-order valence-electron chi connectivity index (χ2n) is 3.05. The molecular weight excluding hydrogens is 166 g/mol. The number of nitrogens with one attached hydrogen (secondary N) is 2. The molecule has 1 heterocycles. The van der Waals surface area contributed by atoms with Gasteiger partial charge in [-0.25, -0.2) is 0 Å². The van der Waals surface area contributed by atoms with Crippen LogP contribution in [0.3, 0.4) is 0 Å². The van der Waals surface area contributed by atoms with Crippen LogP contribution >= 0.6 is 0 Å². The average Bonchev–Trinajstić information content (AvgIpc) is 2.13. The summed E-state index contributed by atoms with van der Waals surface area (Å²) >= 11 is 0. The lowest BCUT2D eigenvalue weighted by Crippen LogP contribution is -2.34. The molecule has 0 fully saturated rings. The zero-order chi connectivity index (χ0) is 9.84. The highest BCUT2D eigenvalue weighted by Crippen LogP contribution is 2.15. The predicted octanol–water partition coefficient (Wildman–Crippen LogP) is 0.397. The Balaban J connectivity index is 2.67. The molecule has 0 aliphatic carbocycles. The highest BCUT2D eigenvalue weighted by atomic mass is 16.1. The van der Waals surface area contributed by atoms with Gasteiger partial charge in [0.1, 0.15) is 0 Å². The van der Waals surface area contributed by atoms with Crippen LogP contribution in [0.25, 0.3) is 0 Å². The molecule has 1 rings (SSSR count). The quantitative estimate of drug-likeness (QED) is 0.605. The Bertz CT molecular complexity index is 270. The molecule has 0 bridgehead atoms. The van der Waals surface area contributed by atoms with Crippen molar-refractivity contribution in [1.82, 2.24) is 5.32 Å². The summed E-state index contributed by atoms with van der Waals surface area (Å²) in [6.45, 7) is 6.11. The molecule has 2 N–H and O–H groups in total. The molecule has 0 saturated heterocycles. The third-order valence-corrected chi connectivity index (χ3v) is 2.13. The van der Waals surface area contributed by atoms with Crippen molar-refractivity contribution in [3.63, 3.8) is 0 Å². The number of amides is 1. The summed E-state index contributed by atoms with van der Waals surface area (Å²) < 4.78 is 0. The number of rotatable bonds is 3. The summed E-state index contributed by atoms with van der Waals surface area (Å²) in [6, 6.07) is -0.0000175. The molecule has 13 heavy (non-hydrogen) atoms. The topological polar surface area (TPSA) is 65.3 Å². The Morgan fingerprint density at radius 2 is 2.54 bits per heavy atom. The third-order valence-electron chi connectivity index (χ3n) is 2.13. The van der Waals surface area contributed by atoms with Crippen molar-refractivity contribution in [2.24, 2.45) is 10.9 Å². The fourth-order valence-corrected chi connectivity index (χ4v) is 1.19. The molecular formula is C9H13N3O. The highest BCUT2D eigenvalue weighted by molar-refractivity contribution is 6.10. The number of carbonyl (C=O) groups excluding carboxylic acids is 1. The van der Waals surface area contributed by atoms with E-state index in [4.69, 9.17) is 5.41 Å². The standard InChI is InChI=1S/C9H13N3O/c1-6-7(2)12-4-8(9(6)10)3-11-5-13/h4-5,7-8,10H,1,3H2,2H3,(H,11,13). The van der Waals surface area contributed by atoms with E-state index in [0.29, 0.717) is 18.7 Å². The highest BCUT2D eigenvalue weighted by Gasteiger charge is 2.22. The van der Waals surface area contributed by atoms with Crippen molar-refractivity contribution >= 4 is 18.3 Å². The summed E-state index contributed by atoms with van der Waals surface area (Å²) in [5, 5.41) is 10.2. The van der Waals surface area contributed by atoms with E-state index >= 15 is 0 Å². The fourth-order valence-electron chi connectivity index (χ4n) is 1.19. The molecule has 2 atom stereocenters. The smallest absolute Gasteiger partial charge is 0.207 e. The lowest BCUT2D eigenvalue weighted by atomic mass is 9.92. The van der Waals surface area contributed by atoms with Gasteiger partial charge in [-0.3, -0.25) is 9.79 Å². The molecule has 0 radical (unpaired) electrons. The van der Waals surface area contributed by atoms with Crippen LogP contribution in [0.15, 0.2) is 17.1 Å². The van der Waals surface area contributed by atoms with Crippen molar-refractivity contribution in [3.05, 3.63) is 12.2 Å². The van der Waals surface area contributed by atoms with Gasteiger partial charge < -0.3 is 10.7 Å². The van der Waals surface area contributed by atoms with E-state index in [2.05, 4.69) is 16.9 Å². The van der Waals surface area contributed by atoms with E-state index < -0.39 is 0 Å². The van der Waals surface area contributed by atoms with Gasteiger partial charge in [0.2, 0.25) is 6.41 Å². The Labute approximate surface area is 77.3 Å². The Kier molecular flexibility index (Phi) is 2.95. The number of carbonyl (C=O) groups is 1. The first-order chi connectivity index (χ1) is 6.16. The zero-order valence-corrected chi connectivity index (χ0v) is 7.58. The Hall–Kier alpha value is -1.45. The van der Waals surface area contributed by atoms with Crippen molar-refractivity contribution < 1.29 is 4.79 Å². The monoisotopic (exact) mass is 179 g/mol. The van der Waals surface area contributed by atoms with Crippen molar-refractivity contribution in [2.45, 2.75) is 13.0 Å². The van der Waals surface area contributed by atoms with Gasteiger partial charge in [-0.1, -0.05) is 6.58 Å². The SMILES string of the molecule is C=C1C(=N)C(CNC=O)C=NC1C. The van der Waals surface area contributed by atoms with Crippen LogP contribution in [0.4, 0.5) is 0 Å². The maximum Gasteiger partial charge on any atom is 0.207 e.